The number of hydrogen-bond donors (Lipinski definition) is 3. The minimum Gasteiger partial charge on any atom is -0.382 e. The average molecular weight is 473 g/mol. The van der Waals surface area contributed by atoms with Crippen molar-refractivity contribution in [3.63, 3.8) is 0 Å². The van der Waals surface area contributed by atoms with E-state index in [0.29, 0.717) is 17.3 Å². The number of ether oxygens (including phenoxy) is 1. The van der Waals surface area contributed by atoms with Crippen LogP contribution in [0.4, 0.5) is 22.1 Å². The maximum atomic E-state index is 12.4. The molecule has 0 atom stereocenters. The van der Waals surface area contributed by atoms with E-state index in [1.165, 1.54) is 6.33 Å². The molecule has 10 heteroatoms. The Kier molecular flexibility index (Phi) is 6.55. The summed E-state index contributed by atoms with van der Waals surface area (Å²) in [6, 6.07) is 14.9. The highest BCUT2D eigenvalue weighted by molar-refractivity contribution is 5.99. The van der Waals surface area contributed by atoms with Crippen molar-refractivity contribution in [2.45, 2.75) is 19.9 Å². The Labute approximate surface area is 203 Å². The second kappa shape index (κ2) is 10.1. The molecule has 35 heavy (non-hydrogen) atoms. The molecule has 1 aliphatic rings. The number of anilines is 3. The van der Waals surface area contributed by atoms with E-state index in [2.05, 4.69) is 36.7 Å². The number of aromatic nitrogens is 4. The maximum absolute atomic E-state index is 12.4. The average Bonchev–Trinajstić information content (AvgIpc) is 3.24. The Morgan fingerprint density at radius 1 is 1.11 bits per heavy atom. The largest absolute Gasteiger partial charge is 0.382 e. The molecule has 10 nitrogen and oxygen atoms in total. The van der Waals surface area contributed by atoms with Gasteiger partial charge in [-0.2, -0.15) is 5.10 Å². The van der Waals surface area contributed by atoms with Crippen molar-refractivity contribution in [1.29, 1.82) is 0 Å². The zero-order chi connectivity index (χ0) is 24.2. The van der Waals surface area contributed by atoms with Gasteiger partial charge in [-0.15, -0.1) is 0 Å². The van der Waals surface area contributed by atoms with E-state index >= 15 is 0 Å². The van der Waals surface area contributed by atoms with E-state index in [9.17, 15) is 4.79 Å². The quantitative estimate of drug-likeness (QED) is 0.393. The van der Waals surface area contributed by atoms with Gasteiger partial charge in [0.2, 0.25) is 0 Å². The second-order valence-electron chi connectivity index (χ2n) is 8.37. The standard InChI is InChI=1S/C25H28N8O2/c1-2-18-4-3-5-22(29-18)31-25(34)30-19-8-6-17(7-9-19)21-14-20(15-32-10-12-35-13-11-32)33-23(21)24(26)27-16-28-33/h3-9,14,16H,2,10-13,15H2,1H3,(H2,26,27,28)(H2,29,30,31,34). The molecule has 0 unspecified atom stereocenters. The zero-order valence-corrected chi connectivity index (χ0v) is 19.6. The van der Waals surface area contributed by atoms with Gasteiger partial charge in [0.25, 0.3) is 0 Å². The van der Waals surface area contributed by atoms with E-state index in [1.807, 2.05) is 47.8 Å². The topological polar surface area (TPSA) is 123 Å². The third-order valence-corrected chi connectivity index (χ3v) is 6.01. The van der Waals surface area contributed by atoms with Gasteiger partial charge in [0.1, 0.15) is 17.7 Å². The predicted octanol–water partition coefficient (Wildman–Crippen LogP) is 3.41. The number of morpholine rings is 1. The van der Waals surface area contributed by atoms with Crippen LogP contribution in [0, 0.1) is 0 Å². The fraction of sp³-hybridized carbons (Fsp3) is 0.280. The minimum atomic E-state index is -0.349. The first kappa shape index (κ1) is 22.8. The fourth-order valence-electron chi connectivity index (χ4n) is 4.21. The molecule has 180 valence electrons. The van der Waals surface area contributed by atoms with Crippen LogP contribution in [-0.4, -0.2) is 56.8 Å². The first-order valence-electron chi connectivity index (χ1n) is 11.7. The number of nitrogens with two attached hydrogens (primary N) is 1. The van der Waals surface area contributed by atoms with Gasteiger partial charge in [-0.05, 0) is 42.3 Å². The number of rotatable bonds is 6. The number of nitrogen functional groups attached to an aromatic ring is 1. The SMILES string of the molecule is CCc1cccc(NC(=O)Nc2ccc(-c3cc(CN4CCOCC4)n4ncnc(N)c34)cc2)n1. The lowest BCUT2D eigenvalue weighted by atomic mass is 10.1. The van der Waals surface area contributed by atoms with Crippen LogP contribution >= 0.6 is 0 Å². The van der Waals surface area contributed by atoms with Gasteiger partial charge < -0.3 is 15.8 Å². The van der Waals surface area contributed by atoms with Crippen LogP contribution in [0.2, 0.25) is 0 Å². The number of aryl methyl sites for hydroxylation is 1. The number of nitrogens with one attached hydrogen (secondary N) is 2. The number of fused-ring (bicyclic) bond motifs is 1. The van der Waals surface area contributed by atoms with Crippen LogP contribution < -0.4 is 16.4 Å². The molecule has 0 radical (unpaired) electrons. The molecule has 5 rings (SSSR count). The fourth-order valence-corrected chi connectivity index (χ4v) is 4.21. The van der Waals surface area contributed by atoms with Gasteiger partial charge in [-0.1, -0.05) is 25.1 Å². The Morgan fingerprint density at radius 3 is 2.69 bits per heavy atom. The van der Waals surface area contributed by atoms with Crippen LogP contribution in [0.15, 0.2) is 54.9 Å². The van der Waals surface area contributed by atoms with Crippen LogP contribution in [0.3, 0.4) is 0 Å². The molecule has 0 saturated carbocycles. The van der Waals surface area contributed by atoms with Crippen LogP contribution in [0.5, 0.6) is 0 Å². The van der Waals surface area contributed by atoms with Crippen LogP contribution in [-0.2, 0) is 17.7 Å². The predicted molar refractivity (Wildman–Crippen MR) is 135 cm³/mol. The lowest BCUT2D eigenvalue weighted by Crippen LogP contribution is -2.36. The molecule has 0 bridgehead atoms. The Balaban J connectivity index is 1.35. The third-order valence-electron chi connectivity index (χ3n) is 6.01. The van der Waals surface area contributed by atoms with E-state index in [0.717, 1.165) is 67.3 Å². The number of benzene rings is 1. The molecule has 1 saturated heterocycles. The molecule has 0 aliphatic carbocycles. The molecule has 1 aromatic carbocycles. The van der Waals surface area contributed by atoms with Crippen molar-refractivity contribution in [3.05, 3.63) is 66.2 Å². The number of urea groups is 1. The highest BCUT2D eigenvalue weighted by Crippen LogP contribution is 2.31. The zero-order valence-electron chi connectivity index (χ0n) is 19.6. The molecule has 2 amide bonds. The summed E-state index contributed by atoms with van der Waals surface area (Å²) in [5.74, 6) is 0.939. The van der Waals surface area contributed by atoms with Crippen molar-refractivity contribution < 1.29 is 9.53 Å². The van der Waals surface area contributed by atoms with E-state index in [1.54, 1.807) is 6.07 Å². The van der Waals surface area contributed by atoms with E-state index in [-0.39, 0.29) is 6.03 Å². The number of carbonyl (C=O) groups is 1. The molecule has 1 aliphatic heterocycles. The maximum Gasteiger partial charge on any atom is 0.324 e. The van der Waals surface area contributed by atoms with E-state index < -0.39 is 0 Å². The molecule has 1 fully saturated rings. The van der Waals surface area contributed by atoms with Crippen LogP contribution in [0.25, 0.3) is 16.6 Å². The van der Waals surface area contributed by atoms with Gasteiger partial charge in [0.15, 0.2) is 5.82 Å². The number of pyridine rings is 1. The van der Waals surface area contributed by atoms with Gasteiger partial charge in [-0.3, -0.25) is 10.2 Å². The lowest BCUT2D eigenvalue weighted by Gasteiger charge is -2.26. The molecule has 4 heterocycles. The minimum absolute atomic E-state index is 0.349. The summed E-state index contributed by atoms with van der Waals surface area (Å²) in [5.41, 5.74) is 11.6. The smallest absolute Gasteiger partial charge is 0.324 e. The number of carbonyl (C=O) groups excluding carboxylic acids is 1. The summed E-state index contributed by atoms with van der Waals surface area (Å²) in [7, 11) is 0. The number of hydrogen-bond acceptors (Lipinski definition) is 7. The van der Waals surface area contributed by atoms with Crippen molar-refractivity contribution in [2.75, 3.05) is 42.7 Å². The van der Waals surface area contributed by atoms with Gasteiger partial charge in [0, 0.05) is 36.6 Å². The van der Waals surface area contributed by atoms with Crippen molar-refractivity contribution >= 4 is 28.9 Å². The molecule has 4 aromatic rings. The van der Waals surface area contributed by atoms with Crippen LogP contribution in [0.1, 0.15) is 18.3 Å². The monoisotopic (exact) mass is 472 g/mol. The summed E-state index contributed by atoms with van der Waals surface area (Å²) in [5, 5.41) is 10.1. The second-order valence-corrected chi connectivity index (χ2v) is 8.37. The highest BCUT2D eigenvalue weighted by atomic mass is 16.5. The first-order chi connectivity index (χ1) is 17.1. The van der Waals surface area contributed by atoms with Gasteiger partial charge in [0.05, 0.1) is 18.9 Å². The Bertz CT molecular complexity index is 1330. The summed E-state index contributed by atoms with van der Waals surface area (Å²) < 4.78 is 7.33. The summed E-state index contributed by atoms with van der Waals surface area (Å²) in [6.07, 6.45) is 2.28. The molecular formula is C25H28N8O2. The Hall–Kier alpha value is -4.02. The first-order valence-corrected chi connectivity index (χ1v) is 11.7. The molecule has 4 N–H and O–H groups in total. The Morgan fingerprint density at radius 2 is 1.91 bits per heavy atom. The summed E-state index contributed by atoms with van der Waals surface area (Å²) in [6.45, 7) is 5.99. The highest BCUT2D eigenvalue weighted by Gasteiger charge is 2.18. The molecule has 0 spiro atoms. The van der Waals surface area contributed by atoms with Gasteiger partial charge >= 0.3 is 6.03 Å². The lowest BCUT2D eigenvalue weighted by molar-refractivity contribution is 0.0334. The van der Waals surface area contributed by atoms with Gasteiger partial charge in [-0.25, -0.2) is 19.3 Å². The van der Waals surface area contributed by atoms with Crippen molar-refractivity contribution in [1.82, 2.24) is 24.5 Å². The summed E-state index contributed by atoms with van der Waals surface area (Å²) in [4.78, 5) is 23.4. The van der Waals surface area contributed by atoms with Crippen molar-refractivity contribution in [2.24, 2.45) is 0 Å². The molecule has 3 aromatic heterocycles. The normalized spacial score (nSPS) is 14.2. The van der Waals surface area contributed by atoms with E-state index in [4.69, 9.17) is 10.5 Å². The molecular weight excluding hydrogens is 444 g/mol. The number of amides is 2. The number of nitrogens with zero attached hydrogens (tertiary/aromatic N) is 5. The van der Waals surface area contributed by atoms with Crippen molar-refractivity contribution in [3.8, 4) is 11.1 Å². The summed E-state index contributed by atoms with van der Waals surface area (Å²) >= 11 is 0. The third kappa shape index (κ3) is 5.08.